The molecule has 0 saturated heterocycles. The number of rotatable bonds is 3. The van der Waals surface area contributed by atoms with Crippen LogP contribution in [0.1, 0.15) is 35.9 Å². The number of nitrogens with zero attached hydrogens (tertiary/aromatic N) is 2. The maximum atomic E-state index is 12.2. The van der Waals surface area contributed by atoms with Gasteiger partial charge in [-0.3, -0.25) is 15.6 Å². The van der Waals surface area contributed by atoms with Crippen LogP contribution in [0.4, 0.5) is 0 Å². The molecule has 0 atom stereocenters. The van der Waals surface area contributed by atoms with Gasteiger partial charge in [-0.1, -0.05) is 0 Å². The molecular weight excluding hydrogens is 298 g/mol. The molecule has 1 fully saturated rings. The molecule has 2 aromatic rings. The van der Waals surface area contributed by atoms with Crippen LogP contribution in [0.25, 0.3) is 11.0 Å². The number of aromatic nitrogens is 2. The van der Waals surface area contributed by atoms with Gasteiger partial charge in [0.05, 0.1) is 11.0 Å². The standard InChI is InChI=1S/C15H19N5OS/c1-3-20-9(2)16-12-8-10(4-7-13(12)20)14(21)18-19-15(22)17-11-5-6-11/h4,7-8,11H,3,5-6H2,1-2H3,(H,18,21)(H2,17,19,22). The highest BCUT2D eigenvalue weighted by molar-refractivity contribution is 7.80. The summed E-state index contributed by atoms with van der Waals surface area (Å²) in [6.07, 6.45) is 2.26. The van der Waals surface area contributed by atoms with Gasteiger partial charge in [0.1, 0.15) is 5.82 Å². The second kappa shape index (κ2) is 5.92. The van der Waals surface area contributed by atoms with Gasteiger partial charge in [0.15, 0.2) is 5.11 Å². The van der Waals surface area contributed by atoms with E-state index in [0.29, 0.717) is 16.7 Å². The van der Waals surface area contributed by atoms with E-state index in [1.807, 2.05) is 13.0 Å². The molecule has 0 aliphatic heterocycles. The third kappa shape index (κ3) is 3.04. The van der Waals surface area contributed by atoms with E-state index in [2.05, 4.69) is 32.6 Å². The molecule has 1 aromatic heterocycles. The number of hydrazine groups is 1. The zero-order valence-electron chi connectivity index (χ0n) is 12.6. The first-order valence-electron chi connectivity index (χ1n) is 7.42. The molecule has 1 aromatic carbocycles. The van der Waals surface area contributed by atoms with Gasteiger partial charge in [0.2, 0.25) is 0 Å². The number of fused-ring (bicyclic) bond motifs is 1. The first kappa shape index (κ1) is 14.8. The van der Waals surface area contributed by atoms with Crippen molar-refractivity contribution in [3.05, 3.63) is 29.6 Å². The van der Waals surface area contributed by atoms with Crippen molar-refractivity contribution in [1.82, 2.24) is 25.7 Å². The molecule has 116 valence electrons. The van der Waals surface area contributed by atoms with Crippen LogP contribution in [0.5, 0.6) is 0 Å². The third-order valence-electron chi connectivity index (χ3n) is 3.72. The highest BCUT2D eigenvalue weighted by Gasteiger charge is 2.21. The molecule has 1 aliphatic carbocycles. The Hall–Kier alpha value is -2.15. The van der Waals surface area contributed by atoms with Crippen molar-refractivity contribution in [1.29, 1.82) is 0 Å². The van der Waals surface area contributed by atoms with Crippen LogP contribution in [0, 0.1) is 6.92 Å². The lowest BCUT2D eigenvalue weighted by Crippen LogP contribution is -2.47. The molecule has 0 bridgehead atoms. The first-order valence-corrected chi connectivity index (χ1v) is 7.83. The molecule has 7 heteroatoms. The Kier molecular flexibility index (Phi) is 3.98. The second-order valence-corrected chi connectivity index (χ2v) is 5.84. The SMILES string of the molecule is CCn1c(C)nc2cc(C(=O)NNC(=S)NC3CC3)ccc21. The number of hydrogen-bond acceptors (Lipinski definition) is 3. The highest BCUT2D eigenvalue weighted by atomic mass is 32.1. The van der Waals surface area contributed by atoms with E-state index in [1.165, 1.54) is 0 Å². The Morgan fingerprint density at radius 2 is 2.18 bits per heavy atom. The second-order valence-electron chi connectivity index (χ2n) is 5.43. The zero-order valence-corrected chi connectivity index (χ0v) is 13.5. The third-order valence-corrected chi connectivity index (χ3v) is 3.94. The highest BCUT2D eigenvalue weighted by Crippen LogP contribution is 2.18. The molecule has 1 heterocycles. The maximum Gasteiger partial charge on any atom is 0.269 e. The molecule has 1 aliphatic rings. The number of imidazole rings is 1. The summed E-state index contributed by atoms with van der Waals surface area (Å²) in [6.45, 7) is 4.90. The number of carbonyl (C=O) groups excluding carboxylic acids is 1. The van der Waals surface area contributed by atoms with Gasteiger partial charge in [0.25, 0.3) is 5.91 Å². The summed E-state index contributed by atoms with van der Waals surface area (Å²) < 4.78 is 2.12. The predicted molar refractivity (Wildman–Crippen MR) is 89.5 cm³/mol. The fourth-order valence-electron chi connectivity index (χ4n) is 2.43. The van der Waals surface area contributed by atoms with E-state index in [4.69, 9.17) is 12.2 Å². The van der Waals surface area contributed by atoms with E-state index < -0.39 is 0 Å². The van der Waals surface area contributed by atoms with Crippen molar-refractivity contribution in [3.63, 3.8) is 0 Å². The maximum absolute atomic E-state index is 12.2. The van der Waals surface area contributed by atoms with Crippen molar-refractivity contribution in [2.24, 2.45) is 0 Å². The van der Waals surface area contributed by atoms with Crippen molar-refractivity contribution in [3.8, 4) is 0 Å². The van der Waals surface area contributed by atoms with Gasteiger partial charge in [-0.05, 0) is 57.1 Å². The fraction of sp³-hybridized carbons (Fsp3) is 0.400. The summed E-state index contributed by atoms with van der Waals surface area (Å²) in [5.74, 6) is 0.716. The topological polar surface area (TPSA) is 71.0 Å². The number of hydrogen-bond donors (Lipinski definition) is 3. The summed E-state index contributed by atoms with van der Waals surface area (Å²) in [5.41, 5.74) is 7.74. The quantitative estimate of drug-likeness (QED) is 0.593. The van der Waals surface area contributed by atoms with E-state index in [1.54, 1.807) is 12.1 Å². The van der Waals surface area contributed by atoms with Crippen LogP contribution < -0.4 is 16.2 Å². The van der Waals surface area contributed by atoms with E-state index in [0.717, 1.165) is 36.2 Å². The summed E-state index contributed by atoms with van der Waals surface area (Å²) in [4.78, 5) is 16.7. The smallest absolute Gasteiger partial charge is 0.269 e. The Morgan fingerprint density at radius 3 is 2.86 bits per heavy atom. The minimum absolute atomic E-state index is 0.231. The Morgan fingerprint density at radius 1 is 1.41 bits per heavy atom. The van der Waals surface area contributed by atoms with Crippen LogP contribution in [0.2, 0.25) is 0 Å². The number of carbonyl (C=O) groups is 1. The molecule has 0 radical (unpaired) electrons. The van der Waals surface area contributed by atoms with Crippen LogP contribution in [0.15, 0.2) is 18.2 Å². The van der Waals surface area contributed by atoms with E-state index in [9.17, 15) is 4.79 Å². The lowest BCUT2D eigenvalue weighted by molar-refractivity contribution is 0.0944. The van der Waals surface area contributed by atoms with E-state index >= 15 is 0 Å². The first-order chi connectivity index (χ1) is 10.6. The summed E-state index contributed by atoms with van der Waals surface area (Å²) in [7, 11) is 0. The number of nitrogens with one attached hydrogen (secondary N) is 3. The summed E-state index contributed by atoms with van der Waals surface area (Å²) >= 11 is 5.10. The lowest BCUT2D eigenvalue weighted by Gasteiger charge is -2.10. The molecule has 6 nitrogen and oxygen atoms in total. The van der Waals surface area contributed by atoms with Gasteiger partial charge in [-0.25, -0.2) is 4.98 Å². The number of benzene rings is 1. The van der Waals surface area contributed by atoms with Crippen molar-refractivity contribution in [2.75, 3.05) is 0 Å². The average Bonchev–Trinajstić information content (AvgIpc) is 3.24. The van der Waals surface area contributed by atoms with Gasteiger partial charge >= 0.3 is 0 Å². The minimum atomic E-state index is -0.231. The number of amides is 1. The normalized spacial score (nSPS) is 13.9. The molecule has 1 amide bonds. The fourth-order valence-corrected chi connectivity index (χ4v) is 2.64. The van der Waals surface area contributed by atoms with Crippen LogP contribution >= 0.6 is 12.2 Å². The van der Waals surface area contributed by atoms with Gasteiger partial charge < -0.3 is 9.88 Å². The van der Waals surface area contributed by atoms with E-state index in [-0.39, 0.29) is 5.91 Å². The van der Waals surface area contributed by atoms with Crippen molar-refractivity contribution < 1.29 is 4.79 Å². The van der Waals surface area contributed by atoms with Crippen molar-refractivity contribution >= 4 is 34.3 Å². The van der Waals surface area contributed by atoms with Gasteiger partial charge in [0, 0.05) is 18.2 Å². The molecular formula is C15H19N5OS. The molecule has 0 unspecified atom stereocenters. The van der Waals surface area contributed by atoms with Gasteiger partial charge in [-0.2, -0.15) is 0 Å². The Bertz CT molecular complexity index is 735. The molecule has 0 spiro atoms. The molecule has 3 rings (SSSR count). The van der Waals surface area contributed by atoms with Crippen LogP contribution in [-0.2, 0) is 6.54 Å². The van der Waals surface area contributed by atoms with Crippen molar-refractivity contribution in [2.45, 2.75) is 39.3 Å². The number of aryl methyl sites for hydroxylation is 2. The Balaban J connectivity index is 1.69. The van der Waals surface area contributed by atoms with Crippen LogP contribution in [-0.4, -0.2) is 26.6 Å². The monoisotopic (exact) mass is 317 g/mol. The number of thiocarbonyl (C=S) groups is 1. The molecule has 22 heavy (non-hydrogen) atoms. The summed E-state index contributed by atoms with van der Waals surface area (Å²) in [5, 5.41) is 3.55. The minimum Gasteiger partial charge on any atom is -0.359 e. The zero-order chi connectivity index (χ0) is 15.7. The van der Waals surface area contributed by atoms with Gasteiger partial charge in [-0.15, -0.1) is 0 Å². The molecule has 1 saturated carbocycles. The Labute approximate surface area is 134 Å². The summed E-state index contributed by atoms with van der Waals surface area (Å²) in [6, 6.07) is 5.97. The average molecular weight is 317 g/mol. The lowest BCUT2D eigenvalue weighted by atomic mass is 10.2. The molecule has 3 N–H and O–H groups in total. The largest absolute Gasteiger partial charge is 0.359 e. The predicted octanol–water partition coefficient (Wildman–Crippen LogP) is 1.64. The van der Waals surface area contributed by atoms with Crippen LogP contribution in [0.3, 0.4) is 0 Å².